The second-order valence-electron chi connectivity index (χ2n) is 6.76. The molecule has 0 fully saturated rings. The summed E-state index contributed by atoms with van der Waals surface area (Å²) < 4.78 is 30.8. The van der Waals surface area contributed by atoms with Gasteiger partial charge in [0, 0.05) is 23.6 Å². The highest BCUT2D eigenvalue weighted by Crippen LogP contribution is 2.36. The van der Waals surface area contributed by atoms with E-state index in [0.717, 1.165) is 10.8 Å². The molecule has 2 amide bonds. The molecule has 9 heteroatoms. The van der Waals surface area contributed by atoms with Crippen molar-refractivity contribution in [1.29, 1.82) is 0 Å². The molecule has 4 rings (SSSR count). The van der Waals surface area contributed by atoms with Crippen LogP contribution in [0.25, 0.3) is 10.8 Å². The topological polar surface area (TPSA) is 102 Å². The van der Waals surface area contributed by atoms with Crippen molar-refractivity contribution in [3.63, 3.8) is 0 Å². The van der Waals surface area contributed by atoms with Crippen molar-refractivity contribution >= 4 is 55.4 Å². The van der Waals surface area contributed by atoms with Crippen molar-refractivity contribution in [2.75, 3.05) is 23.0 Å². The van der Waals surface area contributed by atoms with Gasteiger partial charge in [-0.3, -0.25) is 9.59 Å². The Morgan fingerprint density at radius 3 is 2.73 bits per heavy atom. The first-order valence-electron chi connectivity index (χ1n) is 9.10. The van der Waals surface area contributed by atoms with E-state index in [9.17, 15) is 18.0 Å². The number of hydrogen-bond acceptors (Lipinski definition) is 5. The van der Waals surface area contributed by atoms with Crippen molar-refractivity contribution < 1.29 is 22.7 Å². The Morgan fingerprint density at radius 2 is 1.90 bits per heavy atom. The summed E-state index contributed by atoms with van der Waals surface area (Å²) >= 11 is 6.12. The molecule has 30 heavy (non-hydrogen) atoms. The maximum absolute atomic E-state index is 12.8. The van der Waals surface area contributed by atoms with Crippen molar-refractivity contribution in [2.45, 2.75) is 11.3 Å². The van der Waals surface area contributed by atoms with Gasteiger partial charge in [-0.05, 0) is 17.5 Å². The monoisotopic (exact) mass is 444 g/mol. The summed E-state index contributed by atoms with van der Waals surface area (Å²) in [6, 6.07) is 15.7. The molecule has 0 radical (unpaired) electrons. The quantitative estimate of drug-likeness (QED) is 0.625. The maximum Gasteiger partial charge on any atom is 0.262 e. The van der Waals surface area contributed by atoms with Crippen LogP contribution in [0.4, 0.5) is 11.4 Å². The summed E-state index contributed by atoms with van der Waals surface area (Å²) in [6.07, 6.45) is -0.240. The minimum atomic E-state index is -3.85. The molecular weight excluding hydrogens is 428 g/mol. The average Bonchev–Trinajstić information content (AvgIpc) is 2.72. The highest BCUT2D eigenvalue weighted by molar-refractivity contribution is 7.91. The molecule has 154 valence electrons. The molecule has 7 nitrogen and oxygen atoms in total. The number of carbonyl (C=O) groups is 2. The number of fused-ring (bicyclic) bond motifs is 2. The third kappa shape index (κ3) is 4.10. The van der Waals surface area contributed by atoms with Crippen LogP contribution in [0.1, 0.15) is 6.42 Å². The van der Waals surface area contributed by atoms with Gasteiger partial charge in [-0.2, -0.15) is 0 Å². The fraction of sp³-hybridized carbons (Fsp3) is 0.143. The van der Waals surface area contributed by atoms with E-state index in [2.05, 4.69) is 10.6 Å². The Kier molecular flexibility index (Phi) is 5.36. The Hall–Kier alpha value is -3.10. The van der Waals surface area contributed by atoms with Crippen LogP contribution in [0, 0.1) is 0 Å². The number of rotatable bonds is 5. The summed E-state index contributed by atoms with van der Waals surface area (Å²) in [5.41, 5.74) is 0.926. The van der Waals surface area contributed by atoms with Crippen LogP contribution >= 0.6 is 11.6 Å². The molecule has 0 aliphatic carbocycles. The lowest BCUT2D eigenvalue weighted by molar-refractivity contribution is -0.118. The number of benzene rings is 3. The van der Waals surface area contributed by atoms with Gasteiger partial charge in [0.05, 0.1) is 21.4 Å². The first-order chi connectivity index (χ1) is 14.3. The van der Waals surface area contributed by atoms with Crippen molar-refractivity contribution in [3.8, 4) is 5.75 Å². The molecule has 3 aromatic carbocycles. The molecule has 0 saturated heterocycles. The van der Waals surface area contributed by atoms with Crippen LogP contribution in [0.15, 0.2) is 59.5 Å². The van der Waals surface area contributed by atoms with Gasteiger partial charge < -0.3 is 15.4 Å². The van der Waals surface area contributed by atoms with Crippen LogP contribution in [-0.4, -0.2) is 32.6 Å². The zero-order valence-electron chi connectivity index (χ0n) is 15.6. The smallest absolute Gasteiger partial charge is 0.262 e. The Balaban J connectivity index is 1.49. The predicted molar refractivity (Wildman–Crippen MR) is 115 cm³/mol. The molecule has 0 aromatic heterocycles. The van der Waals surface area contributed by atoms with E-state index in [0.29, 0.717) is 11.4 Å². The average molecular weight is 445 g/mol. The van der Waals surface area contributed by atoms with Crippen molar-refractivity contribution in [1.82, 2.24) is 0 Å². The third-order valence-corrected chi connectivity index (χ3v) is 6.84. The molecule has 0 saturated carbocycles. The van der Waals surface area contributed by atoms with Gasteiger partial charge in [0.1, 0.15) is 5.75 Å². The van der Waals surface area contributed by atoms with E-state index < -0.39 is 21.5 Å². The number of carbonyl (C=O) groups excluding carboxylic acids is 2. The number of sulfone groups is 1. The first-order valence-corrected chi connectivity index (χ1v) is 11.1. The van der Waals surface area contributed by atoms with E-state index in [1.165, 1.54) is 12.1 Å². The molecule has 0 atom stereocenters. The van der Waals surface area contributed by atoms with Crippen molar-refractivity contribution in [3.05, 3.63) is 59.6 Å². The minimum Gasteiger partial charge on any atom is -0.482 e. The van der Waals surface area contributed by atoms with E-state index in [4.69, 9.17) is 16.3 Å². The Labute approximate surface area is 177 Å². The van der Waals surface area contributed by atoms with Gasteiger partial charge in [-0.1, -0.05) is 48.0 Å². The fourth-order valence-electron chi connectivity index (χ4n) is 3.20. The number of ether oxygens (including phenoxy) is 1. The van der Waals surface area contributed by atoms with Gasteiger partial charge >= 0.3 is 0 Å². The lowest BCUT2D eigenvalue weighted by Crippen LogP contribution is -2.25. The molecule has 3 aromatic rings. The maximum atomic E-state index is 12.8. The number of nitrogens with one attached hydrogen (secondary N) is 2. The van der Waals surface area contributed by atoms with E-state index in [-0.39, 0.29) is 34.6 Å². The number of hydrogen-bond donors (Lipinski definition) is 2. The van der Waals surface area contributed by atoms with Crippen LogP contribution in [0.3, 0.4) is 0 Å². The van der Waals surface area contributed by atoms with Gasteiger partial charge in [0.2, 0.25) is 5.91 Å². The Morgan fingerprint density at radius 1 is 1.13 bits per heavy atom. The third-order valence-electron chi connectivity index (χ3n) is 4.66. The molecule has 0 bridgehead atoms. The predicted octanol–water partition coefficient (Wildman–Crippen LogP) is 3.63. The molecule has 0 spiro atoms. The van der Waals surface area contributed by atoms with E-state index >= 15 is 0 Å². The highest BCUT2D eigenvalue weighted by Gasteiger charge is 2.25. The second-order valence-corrected chi connectivity index (χ2v) is 9.24. The largest absolute Gasteiger partial charge is 0.482 e. The Bertz CT molecular complexity index is 1270. The summed E-state index contributed by atoms with van der Waals surface area (Å²) in [4.78, 5) is 23.7. The van der Waals surface area contributed by atoms with E-state index in [1.807, 2.05) is 36.4 Å². The van der Waals surface area contributed by atoms with Gasteiger partial charge in [0.15, 0.2) is 16.4 Å². The molecular formula is C21H17ClN2O5S. The summed E-state index contributed by atoms with van der Waals surface area (Å²) in [5.74, 6) is -0.973. The van der Waals surface area contributed by atoms with Crippen LogP contribution in [0.2, 0.25) is 5.02 Å². The molecule has 1 aliphatic rings. The SMILES string of the molecule is O=C1COc2cc(S(=O)(=O)CCC(=O)Nc3cccc4ccccc34)c(Cl)cc2N1. The summed E-state index contributed by atoms with van der Waals surface area (Å²) in [6.45, 7) is -0.207. The van der Waals surface area contributed by atoms with Crippen LogP contribution in [-0.2, 0) is 19.4 Å². The first kappa shape index (κ1) is 20.2. The zero-order chi connectivity index (χ0) is 21.3. The lowest BCUT2D eigenvalue weighted by Gasteiger charge is -2.19. The fourth-order valence-corrected chi connectivity index (χ4v) is 5.04. The molecule has 1 heterocycles. The van der Waals surface area contributed by atoms with E-state index in [1.54, 1.807) is 6.07 Å². The summed E-state index contributed by atoms with van der Waals surface area (Å²) in [7, 11) is -3.85. The van der Waals surface area contributed by atoms with Gasteiger partial charge in [-0.25, -0.2) is 8.42 Å². The second kappa shape index (κ2) is 7.97. The molecule has 1 aliphatic heterocycles. The number of anilines is 2. The zero-order valence-corrected chi connectivity index (χ0v) is 17.2. The van der Waals surface area contributed by atoms with Crippen molar-refractivity contribution in [2.24, 2.45) is 0 Å². The van der Waals surface area contributed by atoms with Gasteiger partial charge in [-0.15, -0.1) is 0 Å². The molecule has 2 N–H and O–H groups in total. The lowest BCUT2D eigenvalue weighted by atomic mass is 10.1. The summed E-state index contributed by atoms with van der Waals surface area (Å²) in [5, 5.41) is 7.12. The number of amides is 2. The van der Waals surface area contributed by atoms with Gasteiger partial charge in [0.25, 0.3) is 5.91 Å². The molecule has 0 unspecified atom stereocenters. The standard InChI is InChI=1S/C21H17ClN2O5S/c22-15-10-17-18(29-12-21(26)24-17)11-19(15)30(27,28)9-8-20(25)23-16-7-3-5-13-4-1-2-6-14(13)16/h1-7,10-11H,8-9,12H2,(H,23,25)(H,24,26). The van der Waals surface area contributed by atoms with Crippen LogP contribution in [0.5, 0.6) is 5.75 Å². The highest BCUT2D eigenvalue weighted by atomic mass is 35.5. The minimum absolute atomic E-state index is 0.0472. The van der Waals surface area contributed by atoms with Crippen LogP contribution < -0.4 is 15.4 Å². The normalized spacial score (nSPS) is 13.3. The number of halogens is 1.